The zero-order valence-electron chi connectivity index (χ0n) is 10.6. The highest BCUT2D eigenvalue weighted by molar-refractivity contribution is 5.70. The van der Waals surface area contributed by atoms with Crippen LogP contribution in [0.5, 0.6) is 0 Å². The molecule has 0 amide bonds. The summed E-state index contributed by atoms with van der Waals surface area (Å²) in [4.78, 5) is 16.7. The van der Waals surface area contributed by atoms with Crippen LogP contribution in [0.25, 0.3) is 5.70 Å². The van der Waals surface area contributed by atoms with Gasteiger partial charge in [0.2, 0.25) is 0 Å². The average Bonchev–Trinajstić information content (AvgIpc) is 2.84. The Hall–Kier alpha value is -1.81. The van der Waals surface area contributed by atoms with Gasteiger partial charge in [0, 0.05) is 0 Å². The fourth-order valence-corrected chi connectivity index (χ4v) is 2.84. The normalized spacial score (nSPS) is 29.9. The van der Waals surface area contributed by atoms with E-state index in [2.05, 4.69) is 11.6 Å². The SMILES string of the molecule is O=C(O)C1CCC2(C=C(c3ccccc3)NO2)CC1. The molecule has 4 heteroatoms. The first-order chi connectivity index (χ1) is 9.19. The zero-order chi connectivity index (χ0) is 13.3. The first-order valence-electron chi connectivity index (χ1n) is 6.64. The highest BCUT2D eigenvalue weighted by atomic mass is 16.7. The Bertz CT molecular complexity index is 501. The van der Waals surface area contributed by atoms with E-state index in [0.29, 0.717) is 12.8 Å². The Morgan fingerprint density at radius 2 is 1.95 bits per heavy atom. The topological polar surface area (TPSA) is 58.6 Å². The molecule has 2 aliphatic rings. The number of carbonyl (C=O) groups is 1. The molecule has 0 bridgehead atoms. The third kappa shape index (κ3) is 2.36. The molecule has 19 heavy (non-hydrogen) atoms. The fraction of sp³-hybridized carbons (Fsp3) is 0.400. The lowest BCUT2D eigenvalue weighted by molar-refractivity contribution is -0.145. The van der Waals surface area contributed by atoms with Crippen molar-refractivity contribution < 1.29 is 14.7 Å². The first kappa shape index (κ1) is 12.2. The number of benzene rings is 1. The highest BCUT2D eigenvalue weighted by Gasteiger charge is 2.40. The monoisotopic (exact) mass is 259 g/mol. The van der Waals surface area contributed by atoms with Gasteiger partial charge in [0.15, 0.2) is 0 Å². The molecule has 1 aromatic carbocycles. The average molecular weight is 259 g/mol. The molecule has 1 spiro atoms. The van der Waals surface area contributed by atoms with Crippen molar-refractivity contribution in [1.82, 2.24) is 5.48 Å². The van der Waals surface area contributed by atoms with Gasteiger partial charge in [-0.05, 0) is 37.3 Å². The van der Waals surface area contributed by atoms with Crippen LogP contribution in [0.15, 0.2) is 36.4 Å². The van der Waals surface area contributed by atoms with E-state index in [1.54, 1.807) is 0 Å². The number of carboxylic acids is 1. The highest BCUT2D eigenvalue weighted by Crippen LogP contribution is 2.40. The predicted octanol–water partition coefficient (Wildman–Crippen LogP) is 2.58. The van der Waals surface area contributed by atoms with E-state index in [1.165, 1.54) is 0 Å². The molecule has 4 nitrogen and oxygen atoms in total. The molecule has 1 fully saturated rings. The van der Waals surface area contributed by atoms with Crippen molar-refractivity contribution in [2.45, 2.75) is 31.3 Å². The molecule has 1 saturated carbocycles. The first-order valence-corrected chi connectivity index (χ1v) is 6.64. The number of hydrogen-bond donors (Lipinski definition) is 2. The van der Waals surface area contributed by atoms with Gasteiger partial charge < -0.3 is 5.11 Å². The van der Waals surface area contributed by atoms with Gasteiger partial charge in [-0.2, -0.15) is 0 Å². The van der Waals surface area contributed by atoms with Crippen molar-refractivity contribution in [1.29, 1.82) is 0 Å². The number of rotatable bonds is 2. The maximum absolute atomic E-state index is 11.0. The smallest absolute Gasteiger partial charge is 0.306 e. The van der Waals surface area contributed by atoms with Crippen LogP contribution in [0.2, 0.25) is 0 Å². The minimum absolute atomic E-state index is 0.219. The van der Waals surface area contributed by atoms with E-state index in [-0.39, 0.29) is 11.5 Å². The van der Waals surface area contributed by atoms with Crippen molar-refractivity contribution in [2.75, 3.05) is 0 Å². The minimum Gasteiger partial charge on any atom is -0.481 e. The minimum atomic E-state index is -0.687. The molecule has 0 radical (unpaired) electrons. The van der Waals surface area contributed by atoms with Crippen molar-refractivity contribution >= 4 is 11.7 Å². The molecular weight excluding hydrogens is 242 g/mol. The molecule has 100 valence electrons. The summed E-state index contributed by atoms with van der Waals surface area (Å²) in [6.45, 7) is 0. The summed E-state index contributed by atoms with van der Waals surface area (Å²) in [7, 11) is 0. The third-order valence-electron chi connectivity index (χ3n) is 4.04. The van der Waals surface area contributed by atoms with E-state index in [0.717, 1.165) is 24.1 Å². The number of hydrogen-bond acceptors (Lipinski definition) is 3. The summed E-state index contributed by atoms with van der Waals surface area (Å²) in [5, 5.41) is 9.03. The van der Waals surface area contributed by atoms with Gasteiger partial charge in [-0.25, -0.2) is 0 Å². The zero-order valence-corrected chi connectivity index (χ0v) is 10.6. The molecule has 1 heterocycles. The molecule has 3 rings (SSSR count). The fourth-order valence-electron chi connectivity index (χ4n) is 2.84. The summed E-state index contributed by atoms with van der Waals surface area (Å²) < 4.78 is 0. The van der Waals surface area contributed by atoms with Gasteiger partial charge >= 0.3 is 5.97 Å². The van der Waals surface area contributed by atoms with Crippen LogP contribution >= 0.6 is 0 Å². The van der Waals surface area contributed by atoms with Crippen LogP contribution in [0.3, 0.4) is 0 Å². The Morgan fingerprint density at radius 1 is 1.26 bits per heavy atom. The number of hydroxylamine groups is 1. The van der Waals surface area contributed by atoms with E-state index >= 15 is 0 Å². The second-order valence-electron chi connectivity index (χ2n) is 5.31. The molecular formula is C15H17NO3. The number of aliphatic carboxylic acids is 1. The maximum atomic E-state index is 11.0. The summed E-state index contributed by atoms with van der Waals surface area (Å²) in [6.07, 6.45) is 4.98. The van der Waals surface area contributed by atoms with Crippen molar-refractivity contribution in [2.24, 2.45) is 5.92 Å². The van der Waals surface area contributed by atoms with E-state index in [4.69, 9.17) is 9.94 Å². The summed E-state index contributed by atoms with van der Waals surface area (Å²) in [5.74, 6) is -0.906. The Balaban J connectivity index is 1.75. The molecule has 0 atom stereocenters. The number of nitrogens with one attached hydrogen (secondary N) is 1. The summed E-state index contributed by atoms with van der Waals surface area (Å²) in [6, 6.07) is 10.0. The molecule has 0 unspecified atom stereocenters. The maximum Gasteiger partial charge on any atom is 0.306 e. The Kier molecular flexibility index (Phi) is 3.03. The van der Waals surface area contributed by atoms with Crippen molar-refractivity contribution in [3.05, 3.63) is 42.0 Å². The van der Waals surface area contributed by atoms with Crippen LogP contribution in [0.1, 0.15) is 31.2 Å². The van der Waals surface area contributed by atoms with E-state index in [9.17, 15) is 4.79 Å². The second-order valence-corrected chi connectivity index (χ2v) is 5.31. The molecule has 0 saturated heterocycles. The van der Waals surface area contributed by atoms with Gasteiger partial charge in [0.1, 0.15) is 5.60 Å². The molecule has 2 N–H and O–H groups in total. The molecule has 1 aromatic rings. The van der Waals surface area contributed by atoms with Gasteiger partial charge in [0.05, 0.1) is 11.6 Å². The Morgan fingerprint density at radius 3 is 2.58 bits per heavy atom. The second kappa shape index (κ2) is 4.70. The molecule has 1 aliphatic heterocycles. The predicted molar refractivity (Wildman–Crippen MR) is 71.0 cm³/mol. The van der Waals surface area contributed by atoms with E-state index in [1.807, 2.05) is 30.3 Å². The van der Waals surface area contributed by atoms with Gasteiger partial charge in [0.25, 0.3) is 0 Å². The van der Waals surface area contributed by atoms with Crippen LogP contribution in [0.4, 0.5) is 0 Å². The summed E-state index contributed by atoms with van der Waals surface area (Å²) in [5.41, 5.74) is 4.75. The Labute approximate surface area is 112 Å². The van der Waals surface area contributed by atoms with Crippen molar-refractivity contribution in [3.8, 4) is 0 Å². The van der Waals surface area contributed by atoms with Gasteiger partial charge in [-0.15, -0.1) is 0 Å². The van der Waals surface area contributed by atoms with Crippen LogP contribution in [-0.2, 0) is 9.63 Å². The van der Waals surface area contributed by atoms with Gasteiger partial charge in [-0.3, -0.25) is 15.1 Å². The number of carboxylic acid groups (broad SMARTS) is 1. The largest absolute Gasteiger partial charge is 0.481 e. The quantitative estimate of drug-likeness (QED) is 0.857. The van der Waals surface area contributed by atoms with Crippen LogP contribution in [-0.4, -0.2) is 16.7 Å². The van der Waals surface area contributed by atoms with E-state index < -0.39 is 5.97 Å². The standard InChI is InChI=1S/C15H17NO3/c17-14(18)12-6-8-15(9-7-12)10-13(16-19-15)11-4-2-1-3-5-11/h1-5,10,12,16H,6-9H2,(H,17,18). The van der Waals surface area contributed by atoms with Crippen LogP contribution < -0.4 is 5.48 Å². The summed E-state index contributed by atoms with van der Waals surface area (Å²) >= 11 is 0. The van der Waals surface area contributed by atoms with Crippen molar-refractivity contribution in [3.63, 3.8) is 0 Å². The third-order valence-corrected chi connectivity index (χ3v) is 4.04. The molecule has 1 aliphatic carbocycles. The lowest BCUT2D eigenvalue weighted by Crippen LogP contribution is -2.36. The lowest BCUT2D eigenvalue weighted by atomic mass is 9.78. The van der Waals surface area contributed by atoms with Gasteiger partial charge in [-0.1, -0.05) is 30.3 Å². The molecule has 0 aromatic heterocycles. The van der Waals surface area contributed by atoms with Crippen LogP contribution in [0, 0.1) is 5.92 Å². The lowest BCUT2D eigenvalue weighted by Gasteiger charge is -2.32.